The third-order valence-corrected chi connectivity index (χ3v) is 4.24. The first-order valence-corrected chi connectivity index (χ1v) is 7.27. The molecule has 1 aliphatic rings. The summed E-state index contributed by atoms with van der Waals surface area (Å²) in [5, 5.41) is 0. The van der Waals surface area contributed by atoms with E-state index in [2.05, 4.69) is 4.72 Å². The Labute approximate surface area is 108 Å². The lowest BCUT2D eigenvalue weighted by atomic mass is 10.1. The first-order valence-electron chi connectivity index (χ1n) is 5.83. The highest BCUT2D eigenvalue weighted by molar-refractivity contribution is 7.90. The van der Waals surface area contributed by atoms with Crippen LogP contribution in [0.5, 0.6) is 5.75 Å². The van der Waals surface area contributed by atoms with Crippen LogP contribution < -0.4 is 13.8 Å². The summed E-state index contributed by atoms with van der Waals surface area (Å²) in [5.41, 5.74) is 0.0759. The lowest BCUT2D eigenvalue weighted by Crippen LogP contribution is -2.51. The Balaban J connectivity index is 2.36. The van der Waals surface area contributed by atoms with Crippen LogP contribution in [0.2, 0.25) is 0 Å². The Bertz CT molecular complexity index is 534. The number of nitrogens with one attached hydrogen (secondary N) is 1. The van der Waals surface area contributed by atoms with Gasteiger partial charge in [-0.3, -0.25) is 4.31 Å². The molecular weight excluding hydrogens is 252 g/mol. The first kappa shape index (κ1) is 13.2. The predicted octanol–water partition coefficient (Wildman–Crippen LogP) is 1.52. The summed E-state index contributed by atoms with van der Waals surface area (Å²) in [6.45, 7) is 6.13. The molecule has 100 valence electrons. The van der Waals surface area contributed by atoms with Crippen molar-refractivity contribution in [1.29, 1.82) is 0 Å². The standard InChI is InChI=1S/C12H18N2O3S/c1-12(2,3)13-18(15,16)14-8-9-17-11-7-5-4-6-10(11)14/h4-7,13H,8-9H2,1-3H3. The lowest BCUT2D eigenvalue weighted by molar-refractivity contribution is 0.315. The smallest absolute Gasteiger partial charge is 0.302 e. The van der Waals surface area contributed by atoms with Crippen molar-refractivity contribution in [2.24, 2.45) is 0 Å². The monoisotopic (exact) mass is 270 g/mol. The molecule has 1 aliphatic heterocycles. The average molecular weight is 270 g/mol. The summed E-state index contributed by atoms with van der Waals surface area (Å²) in [6, 6.07) is 7.14. The molecule has 1 aromatic carbocycles. The van der Waals surface area contributed by atoms with E-state index in [0.717, 1.165) is 0 Å². The maximum Gasteiger partial charge on any atom is 0.302 e. The maximum atomic E-state index is 12.3. The van der Waals surface area contributed by atoms with Crippen LogP contribution in [0.4, 0.5) is 5.69 Å². The van der Waals surface area contributed by atoms with E-state index in [4.69, 9.17) is 4.74 Å². The molecule has 0 bridgehead atoms. The van der Waals surface area contributed by atoms with Crippen molar-refractivity contribution >= 4 is 15.9 Å². The molecule has 0 saturated carbocycles. The summed E-state index contributed by atoms with van der Waals surface area (Å²) in [6.07, 6.45) is 0. The van der Waals surface area contributed by atoms with Gasteiger partial charge in [0.2, 0.25) is 0 Å². The highest BCUT2D eigenvalue weighted by Crippen LogP contribution is 2.32. The molecule has 0 aliphatic carbocycles. The van der Waals surface area contributed by atoms with E-state index in [9.17, 15) is 8.42 Å². The Morgan fingerprint density at radius 1 is 1.28 bits per heavy atom. The van der Waals surface area contributed by atoms with Gasteiger partial charge < -0.3 is 4.74 Å². The second kappa shape index (κ2) is 4.44. The molecule has 0 atom stereocenters. The van der Waals surface area contributed by atoms with E-state index in [1.54, 1.807) is 18.2 Å². The van der Waals surface area contributed by atoms with E-state index in [1.165, 1.54) is 4.31 Å². The molecule has 0 saturated heterocycles. The number of ether oxygens (including phenoxy) is 1. The highest BCUT2D eigenvalue weighted by Gasteiger charge is 2.31. The second-order valence-corrected chi connectivity index (χ2v) is 6.84. The third-order valence-electron chi connectivity index (χ3n) is 2.41. The third kappa shape index (κ3) is 2.76. The fourth-order valence-electron chi connectivity index (χ4n) is 1.84. The van der Waals surface area contributed by atoms with Crippen molar-refractivity contribution in [3.8, 4) is 5.75 Å². The Morgan fingerprint density at radius 3 is 2.61 bits per heavy atom. The van der Waals surface area contributed by atoms with Crippen LogP contribution in [0.25, 0.3) is 0 Å². The molecule has 0 radical (unpaired) electrons. The van der Waals surface area contributed by atoms with Crippen molar-refractivity contribution in [2.75, 3.05) is 17.5 Å². The van der Waals surface area contributed by atoms with Crippen LogP contribution in [-0.4, -0.2) is 27.1 Å². The quantitative estimate of drug-likeness (QED) is 0.886. The zero-order valence-electron chi connectivity index (χ0n) is 10.8. The number of benzene rings is 1. The predicted molar refractivity (Wildman–Crippen MR) is 71.1 cm³/mol. The van der Waals surface area contributed by atoms with Crippen molar-refractivity contribution in [3.63, 3.8) is 0 Å². The number of para-hydroxylation sites is 2. The SMILES string of the molecule is CC(C)(C)NS(=O)(=O)N1CCOc2ccccc21. The highest BCUT2D eigenvalue weighted by atomic mass is 32.2. The average Bonchev–Trinajstić information content (AvgIpc) is 2.25. The lowest BCUT2D eigenvalue weighted by Gasteiger charge is -2.33. The molecule has 0 amide bonds. The summed E-state index contributed by atoms with van der Waals surface area (Å²) < 4.78 is 34.1. The first-order chi connectivity index (χ1) is 8.30. The van der Waals surface area contributed by atoms with Gasteiger partial charge in [0.1, 0.15) is 12.4 Å². The van der Waals surface area contributed by atoms with Gasteiger partial charge in [-0.15, -0.1) is 0 Å². The van der Waals surface area contributed by atoms with Gasteiger partial charge >= 0.3 is 10.2 Å². The minimum absolute atomic E-state index is 0.322. The molecular formula is C12H18N2O3S. The molecule has 0 unspecified atom stereocenters. The van der Waals surface area contributed by atoms with Crippen molar-refractivity contribution in [2.45, 2.75) is 26.3 Å². The molecule has 0 spiro atoms. The topological polar surface area (TPSA) is 58.6 Å². The van der Waals surface area contributed by atoms with E-state index in [-0.39, 0.29) is 0 Å². The molecule has 5 nitrogen and oxygen atoms in total. The Morgan fingerprint density at radius 2 is 1.94 bits per heavy atom. The Kier molecular flexibility index (Phi) is 3.25. The van der Waals surface area contributed by atoms with Gasteiger partial charge in [0.05, 0.1) is 12.2 Å². The molecule has 2 rings (SSSR count). The minimum Gasteiger partial charge on any atom is -0.489 e. The van der Waals surface area contributed by atoms with E-state index in [1.807, 2.05) is 26.8 Å². The van der Waals surface area contributed by atoms with E-state index < -0.39 is 15.7 Å². The molecule has 1 heterocycles. The molecule has 6 heteroatoms. The van der Waals surface area contributed by atoms with Crippen molar-refractivity contribution in [1.82, 2.24) is 4.72 Å². The summed E-state index contributed by atoms with van der Waals surface area (Å²) in [4.78, 5) is 0. The van der Waals surface area contributed by atoms with Crippen molar-refractivity contribution < 1.29 is 13.2 Å². The van der Waals surface area contributed by atoms with Gasteiger partial charge in [-0.05, 0) is 32.9 Å². The van der Waals surface area contributed by atoms with Crippen LogP contribution >= 0.6 is 0 Å². The molecule has 1 N–H and O–H groups in total. The molecule has 0 aromatic heterocycles. The zero-order valence-corrected chi connectivity index (χ0v) is 11.6. The van der Waals surface area contributed by atoms with Gasteiger partial charge in [0, 0.05) is 5.54 Å². The van der Waals surface area contributed by atoms with E-state index in [0.29, 0.717) is 24.6 Å². The number of hydrogen-bond acceptors (Lipinski definition) is 3. The zero-order chi connectivity index (χ0) is 13.4. The second-order valence-electron chi connectivity index (χ2n) is 5.25. The fraction of sp³-hybridized carbons (Fsp3) is 0.500. The molecule has 18 heavy (non-hydrogen) atoms. The summed E-state index contributed by atoms with van der Waals surface area (Å²) in [7, 11) is -3.55. The fourth-order valence-corrected chi connectivity index (χ4v) is 3.44. The molecule has 0 fully saturated rings. The van der Waals surface area contributed by atoms with Crippen LogP contribution in [0.3, 0.4) is 0 Å². The number of nitrogens with zero attached hydrogens (tertiary/aromatic N) is 1. The van der Waals surface area contributed by atoms with Gasteiger partial charge in [-0.25, -0.2) is 0 Å². The van der Waals surface area contributed by atoms with Gasteiger partial charge in [0.25, 0.3) is 0 Å². The Hall–Kier alpha value is -1.27. The van der Waals surface area contributed by atoms with Crippen LogP contribution in [-0.2, 0) is 10.2 Å². The summed E-state index contributed by atoms with van der Waals surface area (Å²) >= 11 is 0. The maximum absolute atomic E-state index is 12.3. The van der Waals surface area contributed by atoms with Gasteiger partial charge in [-0.1, -0.05) is 12.1 Å². The number of rotatable bonds is 2. The van der Waals surface area contributed by atoms with E-state index >= 15 is 0 Å². The molecule has 1 aromatic rings. The van der Waals surface area contributed by atoms with Crippen LogP contribution in [0.15, 0.2) is 24.3 Å². The van der Waals surface area contributed by atoms with Crippen LogP contribution in [0.1, 0.15) is 20.8 Å². The summed E-state index contributed by atoms with van der Waals surface area (Å²) in [5.74, 6) is 0.600. The number of hydrogen-bond donors (Lipinski definition) is 1. The minimum atomic E-state index is -3.55. The van der Waals surface area contributed by atoms with Gasteiger partial charge in [-0.2, -0.15) is 13.1 Å². The van der Waals surface area contributed by atoms with Gasteiger partial charge in [0.15, 0.2) is 0 Å². The number of fused-ring (bicyclic) bond motifs is 1. The largest absolute Gasteiger partial charge is 0.489 e. The van der Waals surface area contributed by atoms with Crippen LogP contribution in [0, 0.1) is 0 Å². The van der Waals surface area contributed by atoms with Crippen molar-refractivity contribution in [3.05, 3.63) is 24.3 Å². The normalized spacial score (nSPS) is 16.1. The number of anilines is 1.